The Hall–Kier alpha value is -1.45. The Kier molecular flexibility index (Phi) is 3.26. The highest BCUT2D eigenvalue weighted by Gasteiger charge is 2.17. The molecule has 2 aromatic rings. The molecule has 0 amide bonds. The number of hydrogen-bond acceptors (Lipinski definition) is 3. The van der Waals surface area contributed by atoms with Gasteiger partial charge in [0.15, 0.2) is 0 Å². The van der Waals surface area contributed by atoms with E-state index in [9.17, 15) is 0 Å². The van der Waals surface area contributed by atoms with Crippen molar-refractivity contribution in [1.29, 1.82) is 0 Å². The third-order valence-corrected chi connectivity index (χ3v) is 3.40. The molecular formula is C15H18N2O. The lowest BCUT2D eigenvalue weighted by Gasteiger charge is -2.17. The van der Waals surface area contributed by atoms with E-state index in [1.807, 2.05) is 13.0 Å². The molecule has 0 spiro atoms. The number of rotatable bonds is 1. The maximum absolute atomic E-state index is 5.96. The van der Waals surface area contributed by atoms with Crippen LogP contribution in [0.5, 0.6) is 0 Å². The van der Waals surface area contributed by atoms with Crippen molar-refractivity contribution < 1.29 is 4.74 Å². The molecule has 0 bridgehead atoms. The fourth-order valence-corrected chi connectivity index (χ4v) is 2.57. The smallest absolute Gasteiger partial charge is 0.0844 e. The molecule has 3 rings (SSSR count). The zero-order valence-electron chi connectivity index (χ0n) is 10.6. The van der Waals surface area contributed by atoms with Gasteiger partial charge in [0.25, 0.3) is 0 Å². The first-order chi connectivity index (χ1) is 8.84. The van der Waals surface area contributed by atoms with Gasteiger partial charge in [-0.2, -0.15) is 0 Å². The quantitative estimate of drug-likeness (QED) is 0.834. The molecule has 0 radical (unpaired) electrons. The van der Waals surface area contributed by atoms with Gasteiger partial charge in [-0.3, -0.25) is 4.98 Å². The molecule has 1 saturated heterocycles. The number of hydrogen-bond donors (Lipinski definition) is 1. The van der Waals surface area contributed by atoms with Crippen LogP contribution in [0.3, 0.4) is 0 Å². The van der Waals surface area contributed by atoms with Crippen molar-refractivity contribution >= 4 is 10.9 Å². The predicted octanol–water partition coefficient (Wildman–Crippen LogP) is 2.59. The zero-order valence-corrected chi connectivity index (χ0v) is 10.6. The molecule has 3 nitrogen and oxygen atoms in total. The molecule has 2 heterocycles. The molecule has 1 aliphatic rings. The Morgan fingerprint density at radius 1 is 1.28 bits per heavy atom. The molecule has 1 atom stereocenters. The summed E-state index contributed by atoms with van der Waals surface area (Å²) in [6.07, 6.45) is 1.21. The number of aromatic nitrogens is 1. The van der Waals surface area contributed by atoms with Crippen LogP contribution in [0.25, 0.3) is 10.9 Å². The van der Waals surface area contributed by atoms with Gasteiger partial charge in [-0.25, -0.2) is 0 Å². The van der Waals surface area contributed by atoms with Crippen molar-refractivity contribution in [3.05, 3.63) is 41.6 Å². The SMILES string of the molecule is Cc1cc(C2CCNCCO2)c2ccccc2n1. The lowest BCUT2D eigenvalue weighted by Crippen LogP contribution is -2.16. The standard InChI is InChI=1S/C15H18N2O/c1-11-10-13(15-6-7-16-8-9-18-15)12-4-2-3-5-14(12)17-11/h2-5,10,15-16H,6-9H2,1H3. The lowest BCUT2D eigenvalue weighted by molar-refractivity contribution is 0.0653. The van der Waals surface area contributed by atoms with E-state index in [0.29, 0.717) is 0 Å². The van der Waals surface area contributed by atoms with Crippen molar-refractivity contribution in [3.63, 3.8) is 0 Å². The first-order valence-corrected chi connectivity index (χ1v) is 6.53. The molecule has 1 aromatic heterocycles. The molecule has 18 heavy (non-hydrogen) atoms. The second-order valence-corrected chi connectivity index (χ2v) is 4.77. The van der Waals surface area contributed by atoms with Crippen molar-refractivity contribution in [2.45, 2.75) is 19.4 Å². The summed E-state index contributed by atoms with van der Waals surface area (Å²) < 4.78 is 5.96. The monoisotopic (exact) mass is 242 g/mol. The van der Waals surface area contributed by atoms with E-state index in [2.05, 4.69) is 34.6 Å². The molecule has 1 unspecified atom stereocenters. The van der Waals surface area contributed by atoms with Crippen LogP contribution in [0.4, 0.5) is 0 Å². The first kappa shape index (κ1) is 11.6. The van der Waals surface area contributed by atoms with Gasteiger partial charge in [0.2, 0.25) is 0 Å². The minimum Gasteiger partial charge on any atom is -0.372 e. The van der Waals surface area contributed by atoms with Crippen LogP contribution in [-0.2, 0) is 4.74 Å². The molecule has 3 heteroatoms. The number of nitrogens with zero attached hydrogens (tertiary/aromatic N) is 1. The molecule has 94 valence electrons. The van der Waals surface area contributed by atoms with E-state index >= 15 is 0 Å². The molecule has 1 fully saturated rings. The topological polar surface area (TPSA) is 34.1 Å². The van der Waals surface area contributed by atoms with E-state index in [1.54, 1.807) is 0 Å². The molecule has 0 aliphatic carbocycles. The summed E-state index contributed by atoms with van der Waals surface area (Å²) in [5, 5.41) is 4.59. The Balaban J connectivity index is 2.08. The van der Waals surface area contributed by atoms with Crippen LogP contribution in [0.2, 0.25) is 0 Å². The summed E-state index contributed by atoms with van der Waals surface area (Å²) in [7, 11) is 0. The van der Waals surface area contributed by atoms with Gasteiger partial charge in [-0.05, 0) is 37.6 Å². The third-order valence-electron chi connectivity index (χ3n) is 3.40. The highest BCUT2D eigenvalue weighted by Crippen LogP contribution is 2.29. The van der Waals surface area contributed by atoms with Crippen LogP contribution in [0.1, 0.15) is 23.8 Å². The highest BCUT2D eigenvalue weighted by atomic mass is 16.5. The van der Waals surface area contributed by atoms with Gasteiger partial charge >= 0.3 is 0 Å². The average molecular weight is 242 g/mol. The van der Waals surface area contributed by atoms with Gasteiger partial charge in [0, 0.05) is 17.6 Å². The Bertz CT molecular complexity index is 545. The van der Waals surface area contributed by atoms with E-state index in [0.717, 1.165) is 37.3 Å². The highest BCUT2D eigenvalue weighted by molar-refractivity contribution is 5.82. The van der Waals surface area contributed by atoms with Gasteiger partial charge in [-0.1, -0.05) is 18.2 Å². The molecule has 0 saturated carbocycles. The van der Waals surface area contributed by atoms with E-state index in [4.69, 9.17) is 4.74 Å². The second-order valence-electron chi connectivity index (χ2n) is 4.77. The van der Waals surface area contributed by atoms with E-state index < -0.39 is 0 Å². The predicted molar refractivity (Wildman–Crippen MR) is 72.7 cm³/mol. The van der Waals surface area contributed by atoms with Crippen LogP contribution in [0, 0.1) is 6.92 Å². The minimum atomic E-state index is 0.187. The largest absolute Gasteiger partial charge is 0.372 e. The number of pyridine rings is 1. The third kappa shape index (κ3) is 2.24. The fraction of sp³-hybridized carbons (Fsp3) is 0.400. The van der Waals surface area contributed by atoms with Crippen molar-refractivity contribution in [3.8, 4) is 0 Å². The van der Waals surface area contributed by atoms with Crippen LogP contribution in [-0.4, -0.2) is 24.7 Å². The van der Waals surface area contributed by atoms with Crippen LogP contribution < -0.4 is 5.32 Å². The number of fused-ring (bicyclic) bond motifs is 1. The first-order valence-electron chi connectivity index (χ1n) is 6.53. The van der Waals surface area contributed by atoms with E-state index in [1.165, 1.54) is 10.9 Å². The second kappa shape index (κ2) is 5.04. The fourth-order valence-electron chi connectivity index (χ4n) is 2.57. The van der Waals surface area contributed by atoms with Crippen molar-refractivity contribution in [1.82, 2.24) is 10.3 Å². The number of para-hydroxylation sites is 1. The maximum atomic E-state index is 5.96. The Labute approximate surface area is 107 Å². The summed E-state index contributed by atoms with van der Waals surface area (Å²) in [6.45, 7) is 4.78. The number of benzene rings is 1. The molecule has 1 aliphatic heterocycles. The summed E-state index contributed by atoms with van der Waals surface area (Å²) in [6, 6.07) is 10.5. The van der Waals surface area contributed by atoms with Gasteiger partial charge in [0.1, 0.15) is 0 Å². The normalized spacial score (nSPS) is 20.8. The zero-order chi connectivity index (χ0) is 12.4. The van der Waals surface area contributed by atoms with Gasteiger partial charge in [0.05, 0.1) is 18.2 Å². The Morgan fingerprint density at radius 2 is 2.17 bits per heavy atom. The van der Waals surface area contributed by atoms with Gasteiger partial charge in [-0.15, -0.1) is 0 Å². The van der Waals surface area contributed by atoms with Crippen molar-refractivity contribution in [2.75, 3.05) is 19.7 Å². The summed E-state index contributed by atoms with van der Waals surface area (Å²) in [5.41, 5.74) is 3.40. The number of nitrogens with one attached hydrogen (secondary N) is 1. The number of ether oxygens (including phenoxy) is 1. The molecular weight excluding hydrogens is 224 g/mol. The summed E-state index contributed by atoms with van der Waals surface area (Å²) in [5.74, 6) is 0. The molecule has 1 N–H and O–H groups in total. The minimum absolute atomic E-state index is 0.187. The van der Waals surface area contributed by atoms with Crippen LogP contribution in [0.15, 0.2) is 30.3 Å². The summed E-state index contributed by atoms with van der Waals surface area (Å²) >= 11 is 0. The number of aryl methyl sites for hydroxylation is 1. The van der Waals surface area contributed by atoms with Crippen molar-refractivity contribution in [2.24, 2.45) is 0 Å². The lowest BCUT2D eigenvalue weighted by atomic mass is 10.0. The maximum Gasteiger partial charge on any atom is 0.0844 e. The Morgan fingerprint density at radius 3 is 3.11 bits per heavy atom. The molecule has 1 aromatic carbocycles. The van der Waals surface area contributed by atoms with E-state index in [-0.39, 0.29) is 6.10 Å². The average Bonchev–Trinajstić information content (AvgIpc) is 2.66. The van der Waals surface area contributed by atoms with Crippen LogP contribution >= 0.6 is 0 Å². The van der Waals surface area contributed by atoms with Gasteiger partial charge < -0.3 is 10.1 Å². The summed E-state index contributed by atoms with van der Waals surface area (Å²) in [4.78, 5) is 4.58.